The number of rotatable bonds is 4. The SMILES string of the molecule is COC(=O)c1cc(NCC2(C)CCC2)ccc1N. The van der Waals surface area contributed by atoms with Crippen LogP contribution in [0.2, 0.25) is 0 Å². The van der Waals surface area contributed by atoms with Crippen molar-refractivity contribution in [1.29, 1.82) is 0 Å². The summed E-state index contributed by atoms with van der Waals surface area (Å²) in [5, 5.41) is 3.37. The minimum atomic E-state index is -0.397. The number of carbonyl (C=O) groups is 1. The van der Waals surface area contributed by atoms with Crippen LogP contribution in [0.15, 0.2) is 18.2 Å². The Kier molecular flexibility index (Phi) is 3.45. The summed E-state index contributed by atoms with van der Waals surface area (Å²) >= 11 is 0. The number of hydrogen-bond donors (Lipinski definition) is 2. The van der Waals surface area contributed by atoms with E-state index in [0.29, 0.717) is 16.7 Å². The van der Waals surface area contributed by atoms with Gasteiger partial charge in [0.2, 0.25) is 0 Å². The molecule has 1 aliphatic carbocycles. The standard InChI is InChI=1S/C14H20N2O2/c1-14(6-3-7-14)9-16-10-4-5-12(15)11(8-10)13(17)18-2/h4-5,8,16H,3,6-7,9,15H2,1-2H3. The summed E-state index contributed by atoms with van der Waals surface area (Å²) in [6.07, 6.45) is 3.84. The molecule has 18 heavy (non-hydrogen) atoms. The van der Waals surface area contributed by atoms with Crippen molar-refractivity contribution in [2.75, 3.05) is 24.7 Å². The zero-order valence-electron chi connectivity index (χ0n) is 11.0. The molecule has 98 valence electrons. The fraction of sp³-hybridized carbons (Fsp3) is 0.500. The first-order chi connectivity index (χ1) is 8.54. The molecule has 1 aromatic rings. The number of hydrogen-bond acceptors (Lipinski definition) is 4. The molecule has 0 aliphatic heterocycles. The van der Waals surface area contributed by atoms with Crippen LogP contribution in [0.25, 0.3) is 0 Å². The summed E-state index contributed by atoms with van der Waals surface area (Å²) in [5.74, 6) is -0.397. The van der Waals surface area contributed by atoms with Crippen LogP contribution in [-0.4, -0.2) is 19.6 Å². The van der Waals surface area contributed by atoms with E-state index in [2.05, 4.69) is 12.2 Å². The third-order valence-corrected chi connectivity index (χ3v) is 3.74. The maximum atomic E-state index is 11.5. The molecule has 0 atom stereocenters. The second-order valence-corrected chi connectivity index (χ2v) is 5.31. The highest BCUT2D eigenvalue weighted by Crippen LogP contribution is 2.40. The molecule has 0 bridgehead atoms. The summed E-state index contributed by atoms with van der Waals surface area (Å²) in [5.41, 5.74) is 7.93. The second-order valence-electron chi connectivity index (χ2n) is 5.31. The van der Waals surface area contributed by atoms with Gasteiger partial charge in [0.15, 0.2) is 0 Å². The predicted molar refractivity (Wildman–Crippen MR) is 72.6 cm³/mol. The molecule has 0 unspecified atom stereocenters. The van der Waals surface area contributed by atoms with E-state index in [4.69, 9.17) is 10.5 Å². The number of nitrogens with two attached hydrogens (primary N) is 1. The molecule has 1 fully saturated rings. The monoisotopic (exact) mass is 248 g/mol. The highest BCUT2D eigenvalue weighted by Gasteiger charge is 2.31. The van der Waals surface area contributed by atoms with Crippen molar-refractivity contribution in [2.45, 2.75) is 26.2 Å². The van der Waals surface area contributed by atoms with E-state index in [1.54, 1.807) is 12.1 Å². The van der Waals surface area contributed by atoms with Crippen molar-refractivity contribution in [3.8, 4) is 0 Å². The lowest BCUT2D eigenvalue weighted by Crippen LogP contribution is -2.33. The van der Waals surface area contributed by atoms with Gasteiger partial charge in [-0.25, -0.2) is 4.79 Å². The third kappa shape index (κ3) is 2.58. The Bertz CT molecular complexity index is 453. The van der Waals surface area contributed by atoms with Gasteiger partial charge >= 0.3 is 5.97 Å². The zero-order valence-corrected chi connectivity index (χ0v) is 11.0. The van der Waals surface area contributed by atoms with E-state index in [-0.39, 0.29) is 0 Å². The van der Waals surface area contributed by atoms with Gasteiger partial charge in [0.25, 0.3) is 0 Å². The molecule has 4 heteroatoms. The second kappa shape index (κ2) is 4.88. The molecular formula is C14H20N2O2. The minimum Gasteiger partial charge on any atom is -0.465 e. The average molecular weight is 248 g/mol. The Morgan fingerprint density at radius 3 is 2.78 bits per heavy atom. The largest absolute Gasteiger partial charge is 0.465 e. The summed E-state index contributed by atoms with van der Waals surface area (Å²) in [6, 6.07) is 5.38. The van der Waals surface area contributed by atoms with Crippen LogP contribution < -0.4 is 11.1 Å². The van der Waals surface area contributed by atoms with Gasteiger partial charge in [-0.3, -0.25) is 0 Å². The van der Waals surface area contributed by atoms with E-state index in [0.717, 1.165) is 12.2 Å². The summed E-state index contributed by atoms with van der Waals surface area (Å²) in [7, 11) is 1.36. The van der Waals surface area contributed by atoms with Gasteiger partial charge in [-0.2, -0.15) is 0 Å². The number of esters is 1. The van der Waals surface area contributed by atoms with Crippen molar-refractivity contribution in [3.05, 3.63) is 23.8 Å². The van der Waals surface area contributed by atoms with E-state index in [9.17, 15) is 4.79 Å². The van der Waals surface area contributed by atoms with Crippen LogP contribution in [0.4, 0.5) is 11.4 Å². The van der Waals surface area contributed by atoms with E-state index in [1.807, 2.05) is 6.07 Å². The zero-order chi connectivity index (χ0) is 13.2. The lowest BCUT2D eigenvalue weighted by molar-refractivity contribution is 0.0602. The Hall–Kier alpha value is -1.71. The van der Waals surface area contributed by atoms with Gasteiger partial charge in [0.1, 0.15) is 0 Å². The van der Waals surface area contributed by atoms with Crippen molar-refractivity contribution in [3.63, 3.8) is 0 Å². The maximum absolute atomic E-state index is 11.5. The number of methoxy groups -OCH3 is 1. The van der Waals surface area contributed by atoms with Crippen LogP contribution in [-0.2, 0) is 4.74 Å². The fourth-order valence-electron chi connectivity index (χ4n) is 2.23. The first-order valence-electron chi connectivity index (χ1n) is 6.26. The molecule has 0 radical (unpaired) electrons. The molecule has 0 aromatic heterocycles. The summed E-state index contributed by atoms with van der Waals surface area (Å²) in [6.45, 7) is 3.21. The van der Waals surface area contributed by atoms with E-state index >= 15 is 0 Å². The first kappa shape index (κ1) is 12.7. The number of ether oxygens (including phenoxy) is 1. The van der Waals surface area contributed by atoms with Crippen LogP contribution in [0.5, 0.6) is 0 Å². The molecule has 3 N–H and O–H groups in total. The minimum absolute atomic E-state index is 0.396. The Balaban J connectivity index is 2.07. The van der Waals surface area contributed by atoms with Gasteiger partial charge in [-0.05, 0) is 36.5 Å². The van der Waals surface area contributed by atoms with Crippen LogP contribution in [0.1, 0.15) is 36.5 Å². The molecule has 1 aliphatic rings. The molecule has 1 aromatic carbocycles. The number of nitrogen functional groups attached to an aromatic ring is 1. The van der Waals surface area contributed by atoms with Gasteiger partial charge in [0, 0.05) is 17.9 Å². The highest BCUT2D eigenvalue weighted by atomic mass is 16.5. The van der Waals surface area contributed by atoms with Gasteiger partial charge in [-0.1, -0.05) is 13.3 Å². The first-order valence-corrected chi connectivity index (χ1v) is 6.26. The number of anilines is 2. The van der Waals surface area contributed by atoms with Crippen molar-refractivity contribution >= 4 is 17.3 Å². The number of benzene rings is 1. The normalized spacial score (nSPS) is 16.8. The van der Waals surface area contributed by atoms with E-state index in [1.165, 1.54) is 26.4 Å². The quantitative estimate of drug-likeness (QED) is 0.635. The van der Waals surface area contributed by atoms with Crippen molar-refractivity contribution in [2.24, 2.45) is 5.41 Å². The molecule has 0 saturated heterocycles. The van der Waals surface area contributed by atoms with Crippen LogP contribution in [0, 0.1) is 5.41 Å². The number of carbonyl (C=O) groups excluding carboxylic acids is 1. The van der Waals surface area contributed by atoms with Crippen LogP contribution >= 0.6 is 0 Å². The molecule has 2 rings (SSSR count). The Labute approximate surface area is 108 Å². The smallest absolute Gasteiger partial charge is 0.340 e. The highest BCUT2D eigenvalue weighted by molar-refractivity contribution is 5.96. The lowest BCUT2D eigenvalue weighted by Gasteiger charge is -2.38. The average Bonchev–Trinajstić information content (AvgIpc) is 2.34. The molecule has 0 amide bonds. The summed E-state index contributed by atoms with van der Waals surface area (Å²) in [4.78, 5) is 11.5. The maximum Gasteiger partial charge on any atom is 0.340 e. The van der Waals surface area contributed by atoms with E-state index < -0.39 is 5.97 Å². The number of nitrogens with one attached hydrogen (secondary N) is 1. The topological polar surface area (TPSA) is 64.3 Å². The lowest BCUT2D eigenvalue weighted by atomic mass is 9.70. The summed E-state index contributed by atoms with van der Waals surface area (Å²) < 4.78 is 4.70. The van der Waals surface area contributed by atoms with Gasteiger partial charge in [-0.15, -0.1) is 0 Å². The Morgan fingerprint density at radius 2 is 2.22 bits per heavy atom. The van der Waals surface area contributed by atoms with Crippen molar-refractivity contribution in [1.82, 2.24) is 0 Å². The molecule has 4 nitrogen and oxygen atoms in total. The van der Waals surface area contributed by atoms with Crippen LogP contribution in [0.3, 0.4) is 0 Å². The Morgan fingerprint density at radius 1 is 1.50 bits per heavy atom. The molecular weight excluding hydrogens is 228 g/mol. The van der Waals surface area contributed by atoms with Crippen molar-refractivity contribution < 1.29 is 9.53 Å². The fourth-order valence-corrected chi connectivity index (χ4v) is 2.23. The third-order valence-electron chi connectivity index (χ3n) is 3.74. The van der Waals surface area contributed by atoms with Gasteiger partial charge in [0.05, 0.1) is 12.7 Å². The molecule has 0 spiro atoms. The predicted octanol–water partition coefficient (Wildman–Crippen LogP) is 2.66. The molecule has 0 heterocycles. The molecule has 1 saturated carbocycles. The van der Waals surface area contributed by atoms with Gasteiger partial charge < -0.3 is 15.8 Å².